The molecular weight excluding hydrogens is 234 g/mol. The summed E-state index contributed by atoms with van der Waals surface area (Å²) < 4.78 is 0. The molecule has 3 nitrogen and oxygen atoms in total. The number of nitrogens with zero attached hydrogens (tertiary/aromatic N) is 2. The maximum Gasteiger partial charge on any atom is 0.297 e. The first-order chi connectivity index (χ1) is 8.29. The Morgan fingerprint density at radius 1 is 1.24 bits per heavy atom. The van der Waals surface area contributed by atoms with Crippen LogP contribution >= 0.6 is 11.6 Å². The lowest BCUT2D eigenvalue weighted by atomic mass is 10.1. The lowest BCUT2D eigenvalue weighted by molar-refractivity contribution is -0.00550. The van der Waals surface area contributed by atoms with E-state index in [-0.39, 0.29) is 0 Å². The summed E-state index contributed by atoms with van der Waals surface area (Å²) in [5.74, 6) is 0. The molecule has 0 unspecified atom stereocenters. The quantitative estimate of drug-likeness (QED) is 0.646. The lowest BCUT2D eigenvalue weighted by Gasteiger charge is -2.11. The summed E-state index contributed by atoms with van der Waals surface area (Å²) in [5, 5.41) is 3.92. The maximum atomic E-state index is 8.64. The summed E-state index contributed by atoms with van der Waals surface area (Å²) in [5.41, 5.74) is 11.3. The molecule has 0 saturated heterocycles. The van der Waals surface area contributed by atoms with Gasteiger partial charge < -0.3 is 10.8 Å². The standard InChI is InChI=1S/C13H12ClN3/c14-12-8-11(17-15)6-7-13(12)16-9-10-4-2-1-3-5-10/h1-7,16H,8-9H2. The normalized spacial score (nSPS) is 14.8. The van der Waals surface area contributed by atoms with Crippen LogP contribution in [-0.2, 0) is 6.54 Å². The van der Waals surface area contributed by atoms with E-state index in [0.29, 0.717) is 17.2 Å². The number of hydrogen-bond donors (Lipinski definition) is 1. The Labute approximate surface area is 105 Å². The summed E-state index contributed by atoms with van der Waals surface area (Å²) in [4.78, 5) is 3.13. The molecular formula is C13H12ClN3. The molecule has 2 rings (SSSR count). The number of nitrogens with one attached hydrogen (secondary N) is 1. The van der Waals surface area contributed by atoms with E-state index in [0.717, 1.165) is 12.2 Å². The highest BCUT2D eigenvalue weighted by molar-refractivity contribution is 6.32. The van der Waals surface area contributed by atoms with E-state index in [1.165, 1.54) is 5.56 Å². The molecule has 1 N–H and O–H groups in total. The van der Waals surface area contributed by atoms with Crippen molar-refractivity contribution >= 4 is 17.3 Å². The van der Waals surface area contributed by atoms with Gasteiger partial charge in [0.2, 0.25) is 0 Å². The summed E-state index contributed by atoms with van der Waals surface area (Å²) in [6.07, 6.45) is 4.04. The van der Waals surface area contributed by atoms with Gasteiger partial charge in [-0.05, 0) is 11.6 Å². The van der Waals surface area contributed by atoms with Gasteiger partial charge in [0.15, 0.2) is 0 Å². The van der Waals surface area contributed by atoms with Crippen molar-refractivity contribution in [1.82, 2.24) is 5.32 Å². The first-order valence-electron chi connectivity index (χ1n) is 5.35. The molecule has 17 heavy (non-hydrogen) atoms. The van der Waals surface area contributed by atoms with Gasteiger partial charge >= 0.3 is 0 Å². The minimum Gasteiger partial charge on any atom is -0.380 e. The van der Waals surface area contributed by atoms with Crippen molar-refractivity contribution in [2.75, 3.05) is 0 Å². The van der Waals surface area contributed by atoms with E-state index in [2.05, 4.69) is 22.2 Å². The van der Waals surface area contributed by atoms with Crippen LogP contribution in [0.4, 0.5) is 0 Å². The molecule has 0 bridgehead atoms. The Bertz CT molecular complexity index is 511. The third kappa shape index (κ3) is 3.06. The predicted molar refractivity (Wildman–Crippen MR) is 68.5 cm³/mol. The van der Waals surface area contributed by atoms with Gasteiger partial charge in [-0.3, -0.25) is 0 Å². The van der Waals surface area contributed by atoms with Gasteiger partial charge in [0.25, 0.3) is 5.71 Å². The van der Waals surface area contributed by atoms with Gasteiger partial charge in [0.1, 0.15) is 0 Å². The molecule has 0 atom stereocenters. The van der Waals surface area contributed by atoms with Crippen molar-refractivity contribution in [2.45, 2.75) is 13.0 Å². The van der Waals surface area contributed by atoms with E-state index in [4.69, 9.17) is 17.1 Å². The van der Waals surface area contributed by atoms with E-state index in [1.54, 1.807) is 6.08 Å². The van der Waals surface area contributed by atoms with E-state index >= 15 is 0 Å². The second-order valence-corrected chi connectivity index (χ2v) is 4.22. The number of benzene rings is 1. The fourth-order valence-electron chi connectivity index (χ4n) is 1.60. The SMILES string of the molecule is [N-]=[N+]=C1C=CC(NCc2ccccc2)=C(Cl)C1. The van der Waals surface area contributed by atoms with Crippen molar-refractivity contribution in [3.8, 4) is 0 Å². The van der Waals surface area contributed by atoms with Crippen LogP contribution in [0.2, 0.25) is 0 Å². The zero-order valence-corrected chi connectivity index (χ0v) is 9.98. The van der Waals surface area contributed by atoms with Crippen molar-refractivity contribution in [2.24, 2.45) is 0 Å². The molecule has 1 aromatic rings. The highest BCUT2D eigenvalue weighted by Crippen LogP contribution is 2.18. The smallest absolute Gasteiger partial charge is 0.297 e. The van der Waals surface area contributed by atoms with Crippen LogP contribution < -0.4 is 5.32 Å². The number of rotatable bonds is 3. The molecule has 1 aliphatic rings. The number of allylic oxidation sites excluding steroid dienone is 3. The number of hydrogen-bond acceptors (Lipinski definition) is 1. The van der Waals surface area contributed by atoms with Crippen LogP contribution in [0.3, 0.4) is 0 Å². The van der Waals surface area contributed by atoms with E-state index in [9.17, 15) is 0 Å². The Morgan fingerprint density at radius 2 is 2.00 bits per heavy atom. The molecule has 1 aliphatic carbocycles. The third-order valence-corrected chi connectivity index (χ3v) is 2.86. The van der Waals surface area contributed by atoms with Gasteiger partial charge in [-0.15, -0.1) is 0 Å². The largest absolute Gasteiger partial charge is 0.380 e. The topological polar surface area (TPSA) is 48.4 Å². The second-order valence-electron chi connectivity index (χ2n) is 3.76. The fraction of sp³-hybridized carbons (Fsp3) is 0.154. The van der Waals surface area contributed by atoms with Crippen molar-refractivity contribution in [3.63, 3.8) is 0 Å². The molecule has 86 valence electrons. The van der Waals surface area contributed by atoms with Crippen LogP contribution in [0.15, 0.2) is 53.2 Å². The Hall–Kier alpha value is -1.83. The fourth-order valence-corrected chi connectivity index (χ4v) is 1.87. The van der Waals surface area contributed by atoms with Gasteiger partial charge in [-0.25, -0.2) is 0 Å². The Morgan fingerprint density at radius 3 is 2.65 bits per heavy atom. The molecule has 0 spiro atoms. The Balaban J connectivity index is 2.01. The number of halogens is 1. The lowest BCUT2D eigenvalue weighted by Crippen LogP contribution is -2.16. The molecule has 1 aromatic carbocycles. The predicted octanol–water partition coefficient (Wildman–Crippen LogP) is 2.86. The maximum absolute atomic E-state index is 8.64. The second kappa shape index (κ2) is 5.48. The highest BCUT2D eigenvalue weighted by Gasteiger charge is 2.15. The van der Waals surface area contributed by atoms with Crippen molar-refractivity contribution in [3.05, 3.63) is 64.3 Å². The van der Waals surface area contributed by atoms with Crippen LogP contribution in [-0.4, -0.2) is 10.5 Å². The minimum absolute atomic E-state index is 0.464. The van der Waals surface area contributed by atoms with Crippen LogP contribution in [0.5, 0.6) is 0 Å². The minimum atomic E-state index is 0.464. The molecule has 0 heterocycles. The Kier molecular flexibility index (Phi) is 3.76. The summed E-state index contributed by atoms with van der Waals surface area (Å²) in [7, 11) is 0. The first-order valence-corrected chi connectivity index (χ1v) is 5.73. The molecule has 0 aliphatic heterocycles. The van der Waals surface area contributed by atoms with Crippen LogP contribution in [0.25, 0.3) is 5.53 Å². The highest BCUT2D eigenvalue weighted by atomic mass is 35.5. The van der Waals surface area contributed by atoms with Gasteiger partial charge in [0.05, 0.1) is 11.5 Å². The van der Waals surface area contributed by atoms with Crippen molar-refractivity contribution in [1.29, 1.82) is 0 Å². The zero-order chi connectivity index (χ0) is 12.1. The van der Waals surface area contributed by atoms with Crippen LogP contribution in [0.1, 0.15) is 12.0 Å². The van der Waals surface area contributed by atoms with E-state index in [1.807, 2.05) is 24.3 Å². The molecule has 0 fully saturated rings. The van der Waals surface area contributed by atoms with Gasteiger partial charge in [-0.2, -0.15) is 4.79 Å². The molecule has 0 saturated carbocycles. The molecule has 4 heteroatoms. The summed E-state index contributed by atoms with van der Waals surface area (Å²) >= 11 is 6.10. The average Bonchev–Trinajstić information content (AvgIpc) is 2.38. The van der Waals surface area contributed by atoms with Crippen molar-refractivity contribution < 1.29 is 4.79 Å². The molecule has 0 amide bonds. The summed E-state index contributed by atoms with van der Waals surface area (Å²) in [6, 6.07) is 10.1. The first kappa shape index (κ1) is 11.6. The summed E-state index contributed by atoms with van der Waals surface area (Å²) in [6.45, 7) is 0.725. The van der Waals surface area contributed by atoms with Gasteiger partial charge in [0, 0.05) is 18.3 Å². The average molecular weight is 246 g/mol. The zero-order valence-electron chi connectivity index (χ0n) is 9.23. The van der Waals surface area contributed by atoms with Crippen LogP contribution in [0, 0.1) is 0 Å². The third-order valence-electron chi connectivity index (χ3n) is 2.53. The molecule has 0 radical (unpaired) electrons. The molecule has 0 aromatic heterocycles. The van der Waals surface area contributed by atoms with Gasteiger partial charge in [-0.1, -0.05) is 41.9 Å². The van der Waals surface area contributed by atoms with E-state index < -0.39 is 0 Å². The monoisotopic (exact) mass is 245 g/mol.